The molecule has 0 bridgehead atoms. The van der Waals surface area contributed by atoms with E-state index in [0.29, 0.717) is 0 Å². The molecule has 0 spiro atoms. The average molecular weight is 155 g/mol. The first-order valence-corrected chi connectivity index (χ1v) is 3.19. The summed E-state index contributed by atoms with van der Waals surface area (Å²) in [6.07, 6.45) is -1.24. The lowest BCUT2D eigenvalue weighted by atomic mass is 10.1. The van der Waals surface area contributed by atoms with Crippen molar-refractivity contribution in [2.75, 3.05) is 0 Å². The molecule has 3 nitrogen and oxygen atoms in total. The Labute approximate surface area is 65.7 Å². The van der Waals surface area contributed by atoms with Gasteiger partial charge in [-0.1, -0.05) is 6.58 Å². The standard InChI is InChI=1S/C8H11O3/c1-5(2)8(11)7(10)4-6(3)9/h6,9H,1,3-4H2,2H3. The van der Waals surface area contributed by atoms with Crippen LogP contribution in [-0.4, -0.2) is 22.8 Å². The second-order valence-corrected chi connectivity index (χ2v) is 2.39. The lowest BCUT2D eigenvalue weighted by molar-refractivity contribution is -0.135. The molecule has 0 aliphatic heterocycles. The lowest BCUT2D eigenvalue weighted by Gasteiger charge is -2.00. The summed E-state index contributed by atoms with van der Waals surface area (Å²) < 4.78 is 0. The number of Topliss-reactive ketones (excluding diaryl/α,β-unsaturated/α-hetero) is 2. The van der Waals surface area contributed by atoms with Crippen molar-refractivity contribution < 1.29 is 14.7 Å². The third-order valence-electron chi connectivity index (χ3n) is 1.06. The number of carbonyl (C=O) groups excluding carboxylic acids is 2. The molecule has 0 aromatic rings. The second-order valence-electron chi connectivity index (χ2n) is 2.39. The minimum absolute atomic E-state index is 0.190. The maximum atomic E-state index is 10.8. The van der Waals surface area contributed by atoms with Crippen LogP contribution in [0, 0.1) is 6.92 Å². The fourth-order valence-corrected chi connectivity index (χ4v) is 0.545. The predicted molar refractivity (Wildman–Crippen MR) is 40.8 cm³/mol. The highest BCUT2D eigenvalue weighted by atomic mass is 16.3. The molecule has 0 fully saturated rings. The van der Waals surface area contributed by atoms with E-state index in [9.17, 15) is 9.59 Å². The van der Waals surface area contributed by atoms with Gasteiger partial charge < -0.3 is 5.11 Å². The number of allylic oxidation sites excluding steroid dienone is 1. The molecule has 0 rings (SSSR count). The number of hydrogen-bond donors (Lipinski definition) is 1. The van der Waals surface area contributed by atoms with E-state index in [1.807, 2.05) is 0 Å². The normalized spacial score (nSPS) is 12.3. The fourth-order valence-electron chi connectivity index (χ4n) is 0.545. The van der Waals surface area contributed by atoms with Crippen molar-refractivity contribution in [2.24, 2.45) is 0 Å². The summed E-state index contributed by atoms with van der Waals surface area (Å²) in [5, 5.41) is 8.64. The first-order valence-electron chi connectivity index (χ1n) is 3.19. The Morgan fingerprint density at radius 1 is 1.55 bits per heavy atom. The molecule has 61 valence electrons. The van der Waals surface area contributed by atoms with Crippen LogP contribution in [0.2, 0.25) is 0 Å². The quantitative estimate of drug-likeness (QED) is 0.469. The Bertz CT molecular complexity index is 192. The van der Waals surface area contributed by atoms with Crippen LogP contribution in [0.15, 0.2) is 12.2 Å². The van der Waals surface area contributed by atoms with Gasteiger partial charge in [0, 0.05) is 6.42 Å². The first-order chi connectivity index (χ1) is 4.95. The average Bonchev–Trinajstić information content (AvgIpc) is 1.84. The van der Waals surface area contributed by atoms with Crippen LogP contribution in [0.4, 0.5) is 0 Å². The molecule has 1 radical (unpaired) electrons. The number of rotatable bonds is 4. The summed E-state index contributed by atoms with van der Waals surface area (Å²) in [6.45, 7) is 7.94. The van der Waals surface area contributed by atoms with E-state index in [2.05, 4.69) is 13.5 Å². The van der Waals surface area contributed by atoms with Gasteiger partial charge in [0.15, 0.2) is 0 Å². The molecular weight excluding hydrogens is 144 g/mol. The molecule has 0 saturated carbocycles. The zero-order valence-corrected chi connectivity index (χ0v) is 6.46. The van der Waals surface area contributed by atoms with Crippen LogP contribution in [0.3, 0.4) is 0 Å². The minimum Gasteiger partial charge on any atom is -0.393 e. The highest BCUT2D eigenvalue weighted by molar-refractivity contribution is 6.43. The summed E-state index contributed by atoms with van der Waals surface area (Å²) in [5.41, 5.74) is 0.190. The van der Waals surface area contributed by atoms with Crippen LogP contribution in [0.1, 0.15) is 13.3 Å². The van der Waals surface area contributed by atoms with E-state index in [-0.39, 0.29) is 12.0 Å². The Hall–Kier alpha value is -0.960. The SMILES string of the molecule is [CH2]C(O)CC(=O)C(=O)C(=C)C. The molecule has 0 heterocycles. The van der Waals surface area contributed by atoms with Crippen LogP contribution >= 0.6 is 0 Å². The summed E-state index contributed by atoms with van der Waals surface area (Å²) in [4.78, 5) is 21.6. The van der Waals surface area contributed by atoms with Gasteiger partial charge in [0.2, 0.25) is 11.6 Å². The number of ketones is 2. The number of carbonyl (C=O) groups is 2. The van der Waals surface area contributed by atoms with Gasteiger partial charge in [-0.15, -0.1) is 0 Å². The van der Waals surface area contributed by atoms with Gasteiger partial charge in [-0.25, -0.2) is 0 Å². The highest BCUT2D eigenvalue weighted by Gasteiger charge is 2.15. The minimum atomic E-state index is -1.01. The van der Waals surface area contributed by atoms with Crippen molar-refractivity contribution in [3.05, 3.63) is 19.1 Å². The Balaban J connectivity index is 4.05. The van der Waals surface area contributed by atoms with E-state index >= 15 is 0 Å². The largest absolute Gasteiger partial charge is 0.393 e. The molecule has 0 aliphatic carbocycles. The third kappa shape index (κ3) is 3.68. The zero-order chi connectivity index (χ0) is 9.02. The molecule has 0 amide bonds. The van der Waals surface area contributed by atoms with Crippen molar-refractivity contribution in [3.63, 3.8) is 0 Å². The second kappa shape index (κ2) is 4.03. The van der Waals surface area contributed by atoms with Crippen LogP contribution in [-0.2, 0) is 9.59 Å². The van der Waals surface area contributed by atoms with Gasteiger partial charge in [-0.2, -0.15) is 0 Å². The maximum Gasteiger partial charge on any atom is 0.223 e. The van der Waals surface area contributed by atoms with Crippen molar-refractivity contribution in [1.82, 2.24) is 0 Å². The van der Waals surface area contributed by atoms with E-state index in [1.54, 1.807) is 0 Å². The highest BCUT2D eigenvalue weighted by Crippen LogP contribution is 1.97. The van der Waals surface area contributed by atoms with Crippen molar-refractivity contribution >= 4 is 11.6 Å². The molecule has 0 aromatic heterocycles. The zero-order valence-electron chi connectivity index (χ0n) is 6.46. The van der Waals surface area contributed by atoms with E-state index in [0.717, 1.165) is 0 Å². The summed E-state index contributed by atoms with van der Waals surface area (Å²) in [6, 6.07) is 0. The Kier molecular flexibility index (Phi) is 3.68. The van der Waals surface area contributed by atoms with Crippen LogP contribution in [0.5, 0.6) is 0 Å². The monoisotopic (exact) mass is 155 g/mol. The van der Waals surface area contributed by atoms with Crippen molar-refractivity contribution in [1.29, 1.82) is 0 Å². The number of aliphatic hydroxyl groups excluding tert-OH is 1. The fraction of sp³-hybridized carbons (Fsp3) is 0.375. The summed E-state index contributed by atoms with van der Waals surface area (Å²) >= 11 is 0. The Morgan fingerprint density at radius 2 is 2.00 bits per heavy atom. The maximum absolute atomic E-state index is 10.8. The third-order valence-corrected chi connectivity index (χ3v) is 1.06. The van der Waals surface area contributed by atoms with E-state index in [1.165, 1.54) is 6.92 Å². The topological polar surface area (TPSA) is 54.4 Å². The molecular formula is C8H11O3. The van der Waals surface area contributed by atoms with E-state index < -0.39 is 17.7 Å². The van der Waals surface area contributed by atoms with E-state index in [4.69, 9.17) is 5.11 Å². The van der Waals surface area contributed by atoms with Crippen molar-refractivity contribution in [3.8, 4) is 0 Å². The van der Waals surface area contributed by atoms with Gasteiger partial charge in [0.1, 0.15) is 0 Å². The molecule has 0 saturated heterocycles. The molecule has 1 atom stereocenters. The van der Waals surface area contributed by atoms with Crippen molar-refractivity contribution in [2.45, 2.75) is 19.4 Å². The molecule has 0 aromatic carbocycles. The van der Waals surface area contributed by atoms with Gasteiger partial charge in [0.05, 0.1) is 6.10 Å². The molecule has 0 aliphatic rings. The van der Waals surface area contributed by atoms with Gasteiger partial charge >= 0.3 is 0 Å². The molecule has 11 heavy (non-hydrogen) atoms. The summed E-state index contributed by atoms with van der Waals surface area (Å²) in [5.74, 6) is -1.27. The molecule has 1 unspecified atom stereocenters. The lowest BCUT2D eigenvalue weighted by Crippen LogP contribution is -2.19. The summed E-state index contributed by atoms with van der Waals surface area (Å²) in [7, 11) is 0. The number of hydrogen-bond acceptors (Lipinski definition) is 3. The Morgan fingerprint density at radius 3 is 2.27 bits per heavy atom. The predicted octanol–water partition coefficient (Wildman–Crippen LogP) is 0.286. The molecule has 1 N–H and O–H groups in total. The smallest absolute Gasteiger partial charge is 0.223 e. The van der Waals surface area contributed by atoms with Crippen LogP contribution in [0.25, 0.3) is 0 Å². The molecule has 3 heteroatoms. The van der Waals surface area contributed by atoms with Gasteiger partial charge in [-0.05, 0) is 19.4 Å². The van der Waals surface area contributed by atoms with Gasteiger partial charge in [0.25, 0.3) is 0 Å². The van der Waals surface area contributed by atoms with Gasteiger partial charge in [-0.3, -0.25) is 9.59 Å². The first kappa shape index (κ1) is 10.0. The van der Waals surface area contributed by atoms with Crippen LogP contribution < -0.4 is 0 Å². The number of aliphatic hydroxyl groups is 1.